The van der Waals surface area contributed by atoms with Crippen molar-refractivity contribution in [3.8, 4) is 0 Å². The maximum Gasteiger partial charge on any atom is 0.246 e. The van der Waals surface area contributed by atoms with Crippen LogP contribution in [0.3, 0.4) is 0 Å². The number of nitrogens with zero attached hydrogens (tertiary/aromatic N) is 1. The van der Waals surface area contributed by atoms with Crippen molar-refractivity contribution < 1.29 is 14.3 Å². The summed E-state index contributed by atoms with van der Waals surface area (Å²) in [6, 6.07) is 0. The predicted molar refractivity (Wildman–Crippen MR) is 52.8 cm³/mol. The van der Waals surface area contributed by atoms with Crippen LogP contribution in [0.15, 0.2) is 0 Å². The Morgan fingerprint density at radius 3 is 2.50 bits per heavy atom. The molecule has 0 aromatic rings. The molecule has 0 heterocycles. The van der Waals surface area contributed by atoms with Crippen LogP contribution >= 0.6 is 0 Å². The summed E-state index contributed by atoms with van der Waals surface area (Å²) in [7, 11) is 3.37. The maximum atomic E-state index is 11.1. The van der Waals surface area contributed by atoms with Crippen LogP contribution in [0.25, 0.3) is 0 Å². The first kappa shape index (κ1) is 12.9. The van der Waals surface area contributed by atoms with E-state index in [1.54, 1.807) is 14.1 Å². The molecule has 2 amide bonds. The van der Waals surface area contributed by atoms with E-state index in [2.05, 4.69) is 5.32 Å². The lowest BCUT2D eigenvalue weighted by atomic mass is 10.4. The van der Waals surface area contributed by atoms with E-state index in [4.69, 9.17) is 4.74 Å². The van der Waals surface area contributed by atoms with Gasteiger partial charge in [0.25, 0.3) is 0 Å². The Morgan fingerprint density at radius 1 is 1.36 bits per heavy atom. The van der Waals surface area contributed by atoms with Gasteiger partial charge < -0.3 is 15.0 Å². The van der Waals surface area contributed by atoms with Gasteiger partial charge in [-0.2, -0.15) is 0 Å². The molecule has 0 saturated heterocycles. The van der Waals surface area contributed by atoms with Crippen molar-refractivity contribution in [2.24, 2.45) is 0 Å². The van der Waals surface area contributed by atoms with Crippen LogP contribution in [0.1, 0.15) is 13.3 Å². The standard InChI is InChI=1S/C9H18N2O3/c1-4-14-7-8(12)10-6-5-9(13)11(2)3/h4-7H2,1-3H3,(H,10,12). The third kappa shape index (κ3) is 6.42. The van der Waals surface area contributed by atoms with E-state index >= 15 is 0 Å². The molecule has 0 aliphatic carbocycles. The third-order valence-corrected chi connectivity index (χ3v) is 1.60. The lowest BCUT2D eigenvalue weighted by Gasteiger charge is -2.10. The van der Waals surface area contributed by atoms with Crippen molar-refractivity contribution in [2.45, 2.75) is 13.3 Å². The lowest BCUT2D eigenvalue weighted by Crippen LogP contribution is -2.32. The third-order valence-electron chi connectivity index (χ3n) is 1.60. The first-order chi connectivity index (χ1) is 6.57. The van der Waals surface area contributed by atoms with E-state index < -0.39 is 0 Å². The van der Waals surface area contributed by atoms with E-state index in [-0.39, 0.29) is 18.4 Å². The number of ether oxygens (including phenoxy) is 1. The number of carbonyl (C=O) groups is 2. The fourth-order valence-electron chi connectivity index (χ4n) is 0.778. The van der Waals surface area contributed by atoms with Crippen LogP contribution in [-0.4, -0.2) is 50.6 Å². The highest BCUT2D eigenvalue weighted by Gasteiger charge is 2.04. The monoisotopic (exact) mass is 202 g/mol. The first-order valence-corrected chi connectivity index (χ1v) is 4.62. The van der Waals surface area contributed by atoms with Crippen molar-refractivity contribution in [1.82, 2.24) is 10.2 Å². The highest BCUT2D eigenvalue weighted by atomic mass is 16.5. The van der Waals surface area contributed by atoms with Crippen LogP contribution < -0.4 is 5.32 Å². The van der Waals surface area contributed by atoms with Gasteiger partial charge in [0.15, 0.2) is 0 Å². The second-order valence-electron chi connectivity index (χ2n) is 3.03. The Bertz CT molecular complexity index is 192. The minimum atomic E-state index is -0.182. The summed E-state index contributed by atoms with van der Waals surface area (Å²) in [5.41, 5.74) is 0. The molecule has 0 fully saturated rings. The van der Waals surface area contributed by atoms with Gasteiger partial charge in [-0.1, -0.05) is 0 Å². The molecule has 0 bridgehead atoms. The molecule has 0 spiro atoms. The van der Waals surface area contributed by atoms with Crippen molar-refractivity contribution in [3.63, 3.8) is 0 Å². The van der Waals surface area contributed by atoms with Crippen LogP contribution in [0.4, 0.5) is 0 Å². The lowest BCUT2D eigenvalue weighted by molar-refractivity contribution is -0.129. The molecule has 0 aliphatic rings. The normalized spacial score (nSPS) is 9.64. The summed E-state index contributed by atoms with van der Waals surface area (Å²) in [5.74, 6) is -0.180. The molecular formula is C9H18N2O3. The second kappa shape index (κ2) is 7.32. The molecule has 0 saturated carbocycles. The summed E-state index contributed by atoms with van der Waals surface area (Å²) < 4.78 is 4.89. The fourth-order valence-corrected chi connectivity index (χ4v) is 0.778. The van der Waals surface area contributed by atoms with Crippen LogP contribution in [0.5, 0.6) is 0 Å². The van der Waals surface area contributed by atoms with Crippen LogP contribution in [0, 0.1) is 0 Å². The molecule has 5 heteroatoms. The number of amides is 2. The number of carbonyl (C=O) groups excluding carboxylic acids is 2. The van der Waals surface area contributed by atoms with Gasteiger partial charge in [-0.05, 0) is 6.92 Å². The molecule has 0 radical (unpaired) electrons. The highest BCUT2D eigenvalue weighted by molar-refractivity contribution is 5.79. The summed E-state index contributed by atoms with van der Waals surface area (Å²) in [4.78, 5) is 23.6. The number of rotatable bonds is 6. The van der Waals surface area contributed by atoms with E-state index in [1.807, 2.05) is 6.92 Å². The zero-order valence-corrected chi connectivity index (χ0v) is 9.00. The Kier molecular flexibility index (Phi) is 6.74. The van der Waals surface area contributed by atoms with Crippen LogP contribution in [0.2, 0.25) is 0 Å². The van der Waals surface area contributed by atoms with E-state index in [0.29, 0.717) is 19.6 Å². The van der Waals surface area contributed by atoms with Gasteiger partial charge in [0.1, 0.15) is 6.61 Å². The molecule has 0 aliphatic heterocycles. The minimum absolute atomic E-state index is 0.00158. The molecule has 1 N–H and O–H groups in total. The Morgan fingerprint density at radius 2 is 2.00 bits per heavy atom. The topological polar surface area (TPSA) is 58.6 Å². The molecule has 0 rings (SSSR count). The van der Waals surface area contributed by atoms with Crippen molar-refractivity contribution in [3.05, 3.63) is 0 Å². The number of hydrogen-bond acceptors (Lipinski definition) is 3. The quantitative estimate of drug-likeness (QED) is 0.638. The zero-order chi connectivity index (χ0) is 11.0. The van der Waals surface area contributed by atoms with Gasteiger partial charge in [0, 0.05) is 33.7 Å². The van der Waals surface area contributed by atoms with Gasteiger partial charge in [-0.3, -0.25) is 9.59 Å². The average molecular weight is 202 g/mol. The van der Waals surface area contributed by atoms with E-state index in [9.17, 15) is 9.59 Å². The smallest absolute Gasteiger partial charge is 0.246 e. The molecule has 0 aromatic carbocycles. The van der Waals surface area contributed by atoms with Crippen molar-refractivity contribution in [1.29, 1.82) is 0 Å². The zero-order valence-electron chi connectivity index (χ0n) is 9.00. The van der Waals surface area contributed by atoms with E-state index in [0.717, 1.165) is 0 Å². The van der Waals surface area contributed by atoms with Gasteiger partial charge >= 0.3 is 0 Å². The summed E-state index contributed by atoms with van der Waals surface area (Å²) >= 11 is 0. The van der Waals surface area contributed by atoms with Gasteiger partial charge in [0.05, 0.1) is 0 Å². The van der Waals surface area contributed by atoms with E-state index in [1.165, 1.54) is 4.90 Å². The molecular weight excluding hydrogens is 184 g/mol. The molecule has 0 atom stereocenters. The van der Waals surface area contributed by atoms with Gasteiger partial charge in [-0.25, -0.2) is 0 Å². The second-order valence-corrected chi connectivity index (χ2v) is 3.03. The molecule has 0 unspecified atom stereocenters. The number of hydrogen-bond donors (Lipinski definition) is 1. The highest BCUT2D eigenvalue weighted by Crippen LogP contribution is 1.85. The van der Waals surface area contributed by atoms with Crippen molar-refractivity contribution in [2.75, 3.05) is 33.9 Å². The Labute approximate surface area is 84.4 Å². The summed E-state index contributed by atoms with van der Waals surface area (Å²) in [6.07, 6.45) is 0.324. The fraction of sp³-hybridized carbons (Fsp3) is 0.778. The molecule has 82 valence electrons. The Hall–Kier alpha value is -1.10. The maximum absolute atomic E-state index is 11.1. The van der Waals surface area contributed by atoms with Gasteiger partial charge in [0.2, 0.25) is 11.8 Å². The largest absolute Gasteiger partial charge is 0.372 e. The molecule has 0 aromatic heterocycles. The first-order valence-electron chi connectivity index (χ1n) is 4.62. The summed E-state index contributed by atoms with van der Waals surface area (Å²) in [5, 5.41) is 2.59. The molecule has 14 heavy (non-hydrogen) atoms. The van der Waals surface area contributed by atoms with Gasteiger partial charge in [-0.15, -0.1) is 0 Å². The predicted octanol–water partition coefficient (Wildman–Crippen LogP) is -0.383. The Balaban J connectivity index is 3.44. The number of nitrogens with one attached hydrogen (secondary N) is 1. The minimum Gasteiger partial charge on any atom is -0.372 e. The SMILES string of the molecule is CCOCC(=O)NCCC(=O)N(C)C. The van der Waals surface area contributed by atoms with Crippen molar-refractivity contribution >= 4 is 11.8 Å². The van der Waals surface area contributed by atoms with Crippen LogP contribution in [-0.2, 0) is 14.3 Å². The molecule has 5 nitrogen and oxygen atoms in total. The summed E-state index contributed by atoms with van der Waals surface area (Å²) in [6.45, 7) is 2.77. The average Bonchev–Trinajstić information content (AvgIpc) is 2.14.